The Hall–Kier alpha value is -1.88. The molecule has 3 N–H and O–H groups in total. The Morgan fingerprint density at radius 1 is 1.32 bits per heavy atom. The predicted octanol–water partition coefficient (Wildman–Crippen LogP) is 0.496. The van der Waals surface area contributed by atoms with E-state index in [0.717, 1.165) is 18.4 Å². The Labute approximate surface area is 112 Å². The topological polar surface area (TPSA) is 75.4 Å². The minimum atomic E-state index is -0.628. The molecule has 1 aromatic rings. The molecule has 1 aliphatic carbocycles. The summed E-state index contributed by atoms with van der Waals surface area (Å²) in [6.45, 7) is 0.506. The van der Waals surface area contributed by atoms with Gasteiger partial charge < -0.3 is 16.0 Å². The van der Waals surface area contributed by atoms with Crippen LogP contribution in [0.4, 0.5) is 0 Å². The molecular formula is C14H19N3O2. The van der Waals surface area contributed by atoms with Gasteiger partial charge in [0.05, 0.1) is 5.54 Å². The number of benzene rings is 1. The highest BCUT2D eigenvalue weighted by molar-refractivity contribution is 5.94. The number of carbonyl (C=O) groups is 2. The number of nitrogens with two attached hydrogens (primary N) is 1. The highest BCUT2D eigenvalue weighted by atomic mass is 16.2. The molecule has 0 atom stereocenters. The van der Waals surface area contributed by atoms with Gasteiger partial charge >= 0.3 is 0 Å². The third-order valence-electron chi connectivity index (χ3n) is 3.42. The van der Waals surface area contributed by atoms with Crippen molar-refractivity contribution in [3.05, 3.63) is 35.4 Å². The van der Waals surface area contributed by atoms with Crippen molar-refractivity contribution in [2.24, 2.45) is 5.73 Å². The SMILES string of the molecule is CNC(=O)c1ccc(CN(C)C(=O)C2(N)CC2)cc1. The largest absolute Gasteiger partial charge is 0.355 e. The Morgan fingerprint density at radius 2 is 1.89 bits per heavy atom. The summed E-state index contributed by atoms with van der Waals surface area (Å²) in [5, 5.41) is 2.57. The fourth-order valence-electron chi connectivity index (χ4n) is 1.98. The van der Waals surface area contributed by atoms with E-state index in [2.05, 4.69) is 5.32 Å². The number of rotatable bonds is 4. The third-order valence-corrected chi connectivity index (χ3v) is 3.42. The van der Waals surface area contributed by atoms with Gasteiger partial charge in [-0.3, -0.25) is 9.59 Å². The Kier molecular flexibility index (Phi) is 3.57. The number of amides is 2. The van der Waals surface area contributed by atoms with Crippen molar-refractivity contribution in [3.63, 3.8) is 0 Å². The molecule has 19 heavy (non-hydrogen) atoms. The van der Waals surface area contributed by atoms with Gasteiger partial charge in [0.2, 0.25) is 5.91 Å². The Balaban J connectivity index is 1.99. The van der Waals surface area contributed by atoms with E-state index < -0.39 is 5.54 Å². The summed E-state index contributed by atoms with van der Waals surface area (Å²) >= 11 is 0. The van der Waals surface area contributed by atoms with Crippen LogP contribution in [0.25, 0.3) is 0 Å². The fourth-order valence-corrected chi connectivity index (χ4v) is 1.98. The molecule has 0 unspecified atom stereocenters. The number of nitrogens with one attached hydrogen (secondary N) is 1. The van der Waals surface area contributed by atoms with Crippen LogP contribution in [0.5, 0.6) is 0 Å². The second-order valence-electron chi connectivity index (χ2n) is 5.09. The van der Waals surface area contributed by atoms with Gasteiger partial charge in [-0.05, 0) is 30.5 Å². The first-order chi connectivity index (χ1) is 8.96. The summed E-state index contributed by atoms with van der Waals surface area (Å²) in [4.78, 5) is 25.0. The molecule has 1 saturated carbocycles. The molecule has 0 saturated heterocycles. The monoisotopic (exact) mass is 261 g/mol. The lowest BCUT2D eigenvalue weighted by atomic mass is 10.1. The maximum atomic E-state index is 12.0. The summed E-state index contributed by atoms with van der Waals surface area (Å²) < 4.78 is 0. The zero-order valence-corrected chi connectivity index (χ0v) is 11.3. The molecule has 0 aromatic heterocycles. The lowest BCUT2D eigenvalue weighted by Gasteiger charge is -2.21. The van der Waals surface area contributed by atoms with Gasteiger partial charge in [0, 0.05) is 26.2 Å². The number of carbonyl (C=O) groups excluding carboxylic acids is 2. The molecular weight excluding hydrogens is 242 g/mol. The minimum Gasteiger partial charge on any atom is -0.355 e. The fraction of sp³-hybridized carbons (Fsp3) is 0.429. The molecule has 0 radical (unpaired) electrons. The molecule has 1 fully saturated rings. The molecule has 0 bridgehead atoms. The van der Waals surface area contributed by atoms with E-state index in [0.29, 0.717) is 12.1 Å². The average Bonchev–Trinajstić information content (AvgIpc) is 3.17. The molecule has 102 valence electrons. The second-order valence-corrected chi connectivity index (χ2v) is 5.09. The van der Waals surface area contributed by atoms with Gasteiger partial charge in [-0.25, -0.2) is 0 Å². The maximum Gasteiger partial charge on any atom is 0.251 e. The van der Waals surface area contributed by atoms with Gasteiger partial charge in [-0.2, -0.15) is 0 Å². The molecule has 0 heterocycles. The quantitative estimate of drug-likeness (QED) is 0.828. The van der Waals surface area contributed by atoms with E-state index in [1.807, 2.05) is 12.1 Å². The van der Waals surface area contributed by atoms with Crippen LogP contribution in [0.1, 0.15) is 28.8 Å². The molecule has 1 aromatic carbocycles. The second kappa shape index (κ2) is 5.01. The maximum absolute atomic E-state index is 12.0. The summed E-state index contributed by atoms with van der Waals surface area (Å²) in [6.07, 6.45) is 1.54. The van der Waals surface area contributed by atoms with Crippen molar-refractivity contribution in [2.45, 2.75) is 24.9 Å². The molecule has 0 aliphatic heterocycles. The van der Waals surface area contributed by atoms with Crippen LogP contribution in [0, 0.1) is 0 Å². The predicted molar refractivity (Wildman–Crippen MR) is 72.5 cm³/mol. The van der Waals surface area contributed by atoms with Crippen LogP contribution in [0.3, 0.4) is 0 Å². The van der Waals surface area contributed by atoms with Crippen molar-refractivity contribution >= 4 is 11.8 Å². The Morgan fingerprint density at radius 3 is 2.37 bits per heavy atom. The van der Waals surface area contributed by atoms with Crippen molar-refractivity contribution in [3.8, 4) is 0 Å². The average molecular weight is 261 g/mol. The van der Waals surface area contributed by atoms with E-state index in [4.69, 9.17) is 5.73 Å². The molecule has 1 aliphatic rings. The first-order valence-electron chi connectivity index (χ1n) is 6.32. The van der Waals surface area contributed by atoms with Crippen LogP contribution in [-0.2, 0) is 11.3 Å². The van der Waals surface area contributed by atoms with Gasteiger partial charge in [0.1, 0.15) is 0 Å². The molecule has 0 spiro atoms. The number of likely N-dealkylation sites (N-methyl/N-ethyl adjacent to an activating group) is 1. The van der Waals surface area contributed by atoms with Crippen LogP contribution in [-0.4, -0.2) is 36.3 Å². The highest BCUT2D eigenvalue weighted by Crippen LogP contribution is 2.34. The third kappa shape index (κ3) is 2.93. The van der Waals surface area contributed by atoms with Gasteiger partial charge in [-0.15, -0.1) is 0 Å². The zero-order valence-electron chi connectivity index (χ0n) is 11.3. The minimum absolute atomic E-state index is 0.0112. The summed E-state index contributed by atoms with van der Waals surface area (Å²) in [7, 11) is 3.35. The van der Waals surface area contributed by atoms with Crippen molar-refractivity contribution in [1.82, 2.24) is 10.2 Å². The molecule has 2 amide bonds. The van der Waals surface area contributed by atoms with Crippen LogP contribution in [0.2, 0.25) is 0 Å². The van der Waals surface area contributed by atoms with Crippen molar-refractivity contribution < 1.29 is 9.59 Å². The van der Waals surface area contributed by atoms with Crippen molar-refractivity contribution in [2.75, 3.05) is 14.1 Å². The van der Waals surface area contributed by atoms with E-state index in [-0.39, 0.29) is 11.8 Å². The summed E-state index contributed by atoms with van der Waals surface area (Å²) in [6, 6.07) is 7.21. The van der Waals surface area contributed by atoms with Crippen LogP contribution >= 0.6 is 0 Å². The molecule has 5 heteroatoms. The van der Waals surface area contributed by atoms with E-state index in [1.54, 1.807) is 31.1 Å². The van der Waals surface area contributed by atoms with Gasteiger partial charge in [0.25, 0.3) is 5.91 Å². The van der Waals surface area contributed by atoms with E-state index in [1.165, 1.54) is 0 Å². The van der Waals surface area contributed by atoms with Crippen LogP contribution < -0.4 is 11.1 Å². The summed E-state index contributed by atoms with van der Waals surface area (Å²) in [5.41, 5.74) is 6.84. The van der Waals surface area contributed by atoms with E-state index >= 15 is 0 Å². The lowest BCUT2D eigenvalue weighted by molar-refractivity contribution is -0.132. The summed E-state index contributed by atoms with van der Waals surface area (Å²) in [5.74, 6) is -0.127. The van der Waals surface area contributed by atoms with Gasteiger partial charge in [-0.1, -0.05) is 12.1 Å². The first-order valence-corrected chi connectivity index (χ1v) is 6.32. The Bertz CT molecular complexity index is 492. The zero-order chi connectivity index (χ0) is 14.0. The normalized spacial score (nSPS) is 15.7. The van der Waals surface area contributed by atoms with Gasteiger partial charge in [0.15, 0.2) is 0 Å². The molecule has 2 rings (SSSR count). The number of hydrogen-bond acceptors (Lipinski definition) is 3. The number of hydrogen-bond donors (Lipinski definition) is 2. The highest BCUT2D eigenvalue weighted by Gasteiger charge is 2.47. The van der Waals surface area contributed by atoms with E-state index in [9.17, 15) is 9.59 Å². The smallest absolute Gasteiger partial charge is 0.251 e. The van der Waals surface area contributed by atoms with Crippen molar-refractivity contribution in [1.29, 1.82) is 0 Å². The lowest BCUT2D eigenvalue weighted by Crippen LogP contribution is -2.43. The number of nitrogens with zero attached hydrogens (tertiary/aromatic N) is 1. The standard InChI is InChI=1S/C14H19N3O2/c1-16-12(18)11-5-3-10(4-6-11)9-17(2)13(19)14(15)7-8-14/h3-6H,7-9,15H2,1-2H3,(H,16,18). The first kappa shape index (κ1) is 13.5. The molecule has 5 nitrogen and oxygen atoms in total. The van der Waals surface area contributed by atoms with Crippen LogP contribution in [0.15, 0.2) is 24.3 Å².